The summed E-state index contributed by atoms with van der Waals surface area (Å²) in [5.41, 5.74) is 2.37. The largest absolute Gasteiger partial charge is 0.464 e. The lowest BCUT2D eigenvalue weighted by Crippen LogP contribution is -2.14. The van der Waals surface area contributed by atoms with Gasteiger partial charge in [0.2, 0.25) is 0 Å². The summed E-state index contributed by atoms with van der Waals surface area (Å²) in [4.78, 5) is 25.6. The zero-order chi connectivity index (χ0) is 18.1. The van der Waals surface area contributed by atoms with Gasteiger partial charge in [0.05, 0.1) is 11.5 Å². The number of benzene rings is 1. The highest BCUT2D eigenvalue weighted by atomic mass is 16.6. The van der Waals surface area contributed by atoms with E-state index in [2.05, 4.69) is 34.6 Å². The number of ether oxygens (including phenoxy) is 1. The molecule has 132 valence electrons. The summed E-state index contributed by atoms with van der Waals surface area (Å²) in [7, 11) is 0. The second kappa shape index (κ2) is 9.36. The molecule has 0 atom stereocenters. The van der Waals surface area contributed by atoms with Crippen molar-refractivity contribution < 1.29 is 14.5 Å². The number of nitro groups is 1. The number of anilines is 1. The van der Waals surface area contributed by atoms with Crippen LogP contribution in [-0.4, -0.2) is 29.0 Å². The van der Waals surface area contributed by atoms with E-state index in [4.69, 9.17) is 4.74 Å². The van der Waals surface area contributed by atoms with E-state index in [0.29, 0.717) is 18.8 Å². The molecule has 1 aromatic carbocycles. The maximum absolute atomic E-state index is 11.7. The third-order valence-corrected chi connectivity index (χ3v) is 3.60. The zero-order valence-electron chi connectivity index (χ0n) is 14.1. The van der Waals surface area contributed by atoms with Crippen LogP contribution in [-0.2, 0) is 16.0 Å². The predicted octanol–water partition coefficient (Wildman–Crippen LogP) is 3.28. The number of pyridine rings is 1. The summed E-state index contributed by atoms with van der Waals surface area (Å²) in [5, 5.41) is 13.5. The average molecular weight is 343 g/mol. The summed E-state index contributed by atoms with van der Waals surface area (Å²) in [6, 6.07) is 11.1. The first-order valence-electron chi connectivity index (χ1n) is 8.10. The maximum Gasteiger partial charge on any atom is 0.305 e. The second-order valence-corrected chi connectivity index (χ2v) is 5.65. The predicted molar refractivity (Wildman–Crippen MR) is 94.5 cm³/mol. The fraction of sp³-hybridized carbons (Fsp3) is 0.333. The third-order valence-electron chi connectivity index (χ3n) is 3.60. The summed E-state index contributed by atoms with van der Waals surface area (Å²) < 4.78 is 5.15. The lowest BCUT2D eigenvalue weighted by molar-refractivity contribution is -0.385. The molecule has 0 unspecified atom stereocenters. The van der Waals surface area contributed by atoms with Gasteiger partial charge >= 0.3 is 5.97 Å². The number of nitrogens with zero attached hydrogens (tertiary/aromatic N) is 2. The van der Waals surface area contributed by atoms with Crippen molar-refractivity contribution in [1.82, 2.24) is 4.98 Å². The first kappa shape index (κ1) is 18.4. The van der Waals surface area contributed by atoms with E-state index in [0.717, 1.165) is 12.8 Å². The maximum atomic E-state index is 11.7. The summed E-state index contributed by atoms with van der Waals surface area (Å²) in [5.74, 6) is 0.270. The normalized spacial score (nSPS) is 10.3. The van der Waals surface area contributed by atoms with Crippen molar-refractivity contribution in [3.63, 3.8) is 0 Å². The first-order chi connectivity index (χ1) is 12.0. The van der Waals surface area contributed by atoms with Gasteiger partial charge in [-0.3, -0.25) is 14.9 Å². The summed E-state index contributed by atoms with van der Waals surface area (Å²) >= 11 is 0. The molecule has 0 radical (unpaired) electrons. The summed E-state index contributed by atoms with van der Waals surface area (Å²) in [6.45, 7) is 2.66. The molecule has 1 N–H and O–H groups in total. The molecule has 0 saturated carbocycles. The second-order valence-electron chi connectivity index (χ2n) is 5.65. The Morgan fingerprint density at radius 3 is 2.64 bits per heavy atom. The van der Waals surface area contributed by atoms with Crippen molar-refractivity contribution in [3.8, 4) is 0 Å². The van der Waals surface area contributed by atoms with E-state index >= 15 is 0 Å². The Hall–Kier alpha value is -2.96. The van der Waals surface area contributed by atoms with Crippen molar-refractivity contribution in [2.45, 2.75) is 26.2 Å². The summed E-state index contributed by atoms with van der Waals surface area (Å²) in [6.07, 6.45) is 3.16. The molecule has 7 heteroatoms. The molecule has 7 nitrogen and oxygen atoms in total. The van der Waals surface area contributed by atoms with E-state index < -0.39 is 4.92 Å². The molecule has 0 aliphatic heterocycles. The highest BCUT2D eigenvalue weighted by Crippen LogP contribution is 2.11. The zero-order valence-corrected chi connectivity index (χ0v) is 14.1. The molecular formula is C18H21N3O4. The topological polar surface area (TPSA) is 94.4 Å². The molecule has 0 aliphatic rings. The van der Waals surface area contributed by atoms with Crippen LogP contribution < -0.4 is 5.32 Å². The smallest absolute Gasteiger partial charge is 0.305 e. The van der Waals surface area contributed by atoms with Gasteiger partial charge < -0.3 is 10.1 Å². The minimum absolute atomic E-state index is 0.0643. The van der Waals surface area contributed by atoms with Crippen LogP contribution in [0.25, 0.3) is 0 Å². The van der Waals surface area contributed by atoms with E-state index in [1.165, 1.54) is 29.5 Å². The van der Waals surface area contributed by atoms with Crippen molar-refractivity contribution in [2.75, 3.05) is 18.5 Å². The van der Waals surface area contributed by atoms with Crippen LogP contribution in [0, 0.1) is 17.0 Å². The Morgan fingerprint density at radius 2 is 2.00 bits per heavy atom. The SMILES string of the molecule is Cc1ccc(CCCC(=O)OCCNc2ccc([N+](=O)[O-])cn2)cc1. The van der Waals surface area contributed by atoms with E-state index in [9.17, 15) is 14.9 Å². The highest BCUT2D eigenvalue weighted by molar-refractivity contribution is 5.69. The van der Waals surface area contributed by atoms with E-state index in [1.54, 1.807) is 0 Å². The van der Waals surface area contributed by atoms with Gasteiger partial charge in [-0.05, 0) is 31.4 Å². The van der Waals surface area contributed by atoms with Crippen molar-refractivity contribution >= 4 is 17.5 Å². The van der Waals surface area contributed by atoms with Crippen LogP contribution in [0.2, 0.25) is 0 Å². The average Bonchev–Trinajstić information content (AvgIpc) is 2.61. The molecule has 0 fully saturated rings. The number of rotatable bonds is 9. The Bertz CT molecular complexity index is 699. The number of carbonyl (C=O) groups excluding carboxylic acids is 1. The number of carbonyl (C=O) groups is 1. The van der Waals surface area contributed by atoms with E-state index in [1.807, 2.05) is 6.92 Å². The van der Waals surface area contributed by atoms with Gasteiger partial charge in [0, 0.05) is 12.5 Å². The Balaban J connectivity index is 1.58. The molecular weight excluding hydrogens is 322 g/mol. The molecule has 0 saturated heterocycles. The molecule has 0 amide bonds. The number of hydrogen-bond donors (Lipinski definition) is 1. The number of hydrogen-bond acceptors (Lipinski definition) is 6. The quantitative estimate of drug-likeness (QED) is 0.325. The highest BCUT2D eigenvalue weighted by Gasteiger charge is 2.06. The van der Waals surface area contributed by atoms with Crippen LogP contribution in [0.5, 0.6) is 0 Å². The van der Waals surface area contributed by atoms with E-state index in [-0.39, 0.29) is 18.3 Å². The Kier molecular flexibility index (Phi) is 6.88. The van der Waals surface area contributed by atoms with Gasteiger partial charge in [-0.1, -0.05) is 29.8 Å². The van der Waals surface area contributed by atoms with Crippen molar-refractivity contribution in [3.05, 3.63) is 63.8 Å². The molecule has 0 aliphatic carbocycles. The monoisotopic (exact) mass is 343 g/mol. The molecule has 1 heterocycles. The fourth-order valence-electron chi connectivity index (χ4n) is 2.21. The van der Waals surface area contributed by atoms with Crippen LogP contribution >= 0.6 is 0 Å². The Morgan fingerprint density at radius 1 is 1.24 bits per heavy atom. The number of nitrogens with one attached hydrogen (secondary N) is 1. The minimum Gasteiger partial charge on any atom is -0.464 e. The van der Waals surface area contributed by atoms with Crippen LogP contribution in [0.1, 0.15) is 24.0 Å². The fourth-order valence-corrected chi connectivity index (χ4v) is 2.21. The lowest BCUT2D eigenvalue weighted by atomic mass is 10.1. The van der Waals surface area contributed by atoms with Gasteiger partial charge in [-0.15, -0.1) is 0 Å². The molecule has 25 heavy (non-hydrogen) atoms. The number of esters is 1. The van der Waals surface area contributed by atoms with Gasteiger partial charge in [0.1, 0.15) is 18.6 Å². The molecule has 0 bridgehead atoms. The van der Waals surface area contributed by atoms with Crippen LogP contribution in [0.3, 0.4) is 0 Å². The molecule has 0 spiro atoms. The molecule has 2 rings (SSSR count). The molecule has 1 aromatic heterocycles. The van der Waals surface area contributed by atoms with Crippen molar-refractivity contribution in [1.29, 1.82) is 0 Å². The molecule has 2 aromatic rings. The minimum atomic E-state index is -0.505. The van der Waals surface area contributed by atoms with Gasteiger partial charge in [0.25, 0.3) is 5.69 Å². The van der Waals surface area contributed by atoms with Crippen LogP contribution in [0.4, 0.5) is 11.5 Å². The third kappa shape index (κ3) is 6.58. The van der Waals surface area contributed by atoms with Gasteiger partial charge in [0.15, 0.2) is 0 Å². The Labute approximate surface area is 146 Å². The first-order valence-corrected chi connectivity index (χ1v) is 8.10. The van der Waals surface area contributed by atoms with Crippen LogP contribution in [0.15, 0.2) is 42.6 Å². The number of aromatic nitrogens is 1. The van der Waals surface area contributed by atoms with Crippen molar-refractivity contribution in [2.24, 2.45) is 0 Å². The standard InChI is InChI=1S/C18H21N3O4/c1-14-5-7-15(8-6-14)3-2-4-18(22)25-12-11-19-17-10-9-16(13-20-17)21(23)24/h5-10,13H,2-4,11-12H2,1H3,(H,19,20). The number of aryl methyl sites for hydroxylation is 2. The lowest BCUT2D eigenvalue weighted by Gasteiger charge is -2.07. The van der Waals surface area contributed by atoms with Gasteiger partial charge in [-0.2, -0.15) is 0 Å². The van der Waals surface area contributed by atoms with Gasteiger partial charge in [-0.25, -0.2) is 4.98 Å².